The van der Waals surface area contributed by atoms with E-state index in [-0.39, 0.29) is 0 Å². The van der Waals surface area contributed by atoms with E-state index >= 15 is 0 Å². The van der Waals surface area contributed by atoms with Crippen molar-refractivity contribution in [3.05, 3.63) is 0 Å². The summed E-state index contributed by atoms with van der Waals surface area (Å²) in [5, 5.41) is 0. The molecule has 4 nitrogen and oxygen atoms in total. The van der Waals surface area contributed by atoms with Crippen molar-refractivity contribution < 1.29 is 9.53 Å². The molecule has 0 spiro atoms. The van der Waals surface area contributed by atoms with Gasteiger partial charge in [-0.15, -0.1) is 0 Å². The zero-order valence-electron chi connectivity index (χ0n) is 13.7. The third-order valence-electron chi connectivity index (χ3n) is 5.25. The molecular weight excluding hydrogens is 296 g/mol. The molecule has 2 aliphatic heterocycles. The lowest BCUT2D eigenvalue weighted by Gasteiger charge is -2.37. The third kappa shape index (κ3) is 4.39. The number of nitrogens with zero attached hydrogens (tertiary/aromatic N) is 2. The first-order valence-electron chi connectivity index (χ1n) is 9.03. The molecular formula is C17H30N2O2S. The summed E-state index contributed by atoms with van der Waals surface area (Å²) in [5.74, 6) is 3.08. The zero-order valence-corrected chi connectivity index (χ0v) is 14.5. The highest BCUT2D eigenvalue weighted by atomic mass is 32.2. The number of hydrogen-bond acceptors (Lipinski definition) is 4. The second kappa shape index (κ2) is 8.55. The molecule has 0 N–H and O–H groups in total. The summed E-state index contributed by atoms with van der Waals surface area (Å²) >= 11 is 2.03. The molecule has 3 aliphatic rings. The van der Waals surface area contributed by atoms with Crippen LogP contribution in [0.1, 0.15) is 38.5 Å². The molecule has 3 rings (SSSR count). The normalized spacial score (nSPS) is 29.3. The Balaban J connectivity index is 1.62. The number of morpholine rings is 1. The van der Waals surface area contributed by atoms with Crippen molar-refractivity contribution in [2.75, 3.05) is 50.9 Å². The molecule has 5 heteroatoms. The van der Waals surface area contributed by atoms with Gasteiger partial charge >= 0.3 is 0 Å². The number of rotatable bonds is 3. The van der Waals surface area contributed by atoms with Crippen LogP contribution in [0.4, 0.5) is 0 Å². The number of carbonyl (C=O) groups excluding carboxylic acids is 1. The lowest BCUT2D eigenvalue weighted by Crippen LogP contribution is -2.52. The Kier molecular flexibility index (Phi) is 6.45. The number of amides is 1. The Hall–Kier alpha value is -0.260. The molecule has 0 aromatic carbocycles. The summed E-state index contributed by atoms with van der Waals surface area (Å²) in [6, 6.07) is 0.403. The van der Waals surface area contributed by atoms with Crippen LogP contribution in [0.15, 0.2) is 0 Å². The Bertz CT molecular complexity index is 355. The van der Waals surface area contributed by atoms with Crippen molar-refractivity contribution in [3.63, 3.8) is 0 Å². The van der Waals surface area contributed by atoms with E-state index in [2.05, 4.69) is 9.80 Å². The van der Waals surface area contributed by atoms with Crippen LogP contribution in [0.2, 0.25) is 0 Å². The predicted octanol–water partition coefficient (Wildman–Crippen LogP) is 2.23. The van der Waals surface area contributed by atoms with E-state index in [1.807, 2.05) is 11.8 Å². The lowest BCUT2D eigenvalue weighted by atomic mass is 9.88. The van der Waals surface area contributed by atoms with Crippen molar-refractivity contribution >= 4 is 17.7 Å². The van der Waals surface area contributed by atoms with Crippen LogP contribution in [-0.4, -0.2) is 72.6 Å². The largest absolute Gasteiger partial charge is 0.379 e. The van der Waals surface area contributed by atoms with Crippen LogP contribution in [-0.2, 0) is 9.53 Å². The second-order valence-corrected chi connectivity index (χ2v) is 8.01. The van der Waals surface area contributed by atoms with Crippen molar-refractivity contribution in [3.8, 4) is 0 Å². The van der Waals surface area contributed by atoms with Gasteiger partial charge in [-0.2, -0.15) is 11.8 Å². The SMILES string of the molecule is O=C(C1CCCCC1)N1CCCSCC1CN1CCOCC1. The average molecular weight is 327 g/mol. The van der Waals surface area contributed by atoms with Gasteiger partial charge in [-0.05, 0) is 25.0 Å². The molecule has 1 saturated carbocycles. The Morgan fingerprint density at radius 3 is 2.59 bits per heavy atom. The van der Waals surface area contributed by atoms with Crippen molar-refractivity contribution in [1.82, 2.24) is 9.80 Å². The molecule has 126 valence electrons. The van der Waals surface area contributed by atoms with Crippen LogP contribution in [0.25, 0.3) is 0 Å². The standard InChI is InChI=1S/C17H30N2O2S/c20-17(15-5-2-1-3-6-15)19-7-4-12-22-14-16(19)13-18-8-10-21-11-9-18/h15-16H,1-14H2. The summed E-state index contributed by atoms with van der Waals surface area (Å²) in [4.78, 5) is 17.8. The van der Waals surface area contributed by atoms with Crippen LogP contribution in [0.5, 0.6) is 0 Å². The van der Waals surface area contributed by atoms with Crippen molar-refractivity contribution in [2.45, 2.75) is 44.6 Å². The van der Waals surface area contributed by atoms with Gasteiger partial charge in [0.25, 0.3) is 0 Å². The maximum Gasteiger partial charge on any atom is 0.226 e. The molecule has 22 heavy (non-hydrogen) atoms. The second-order valence-electron chi connectivity index (χ2n) is 6.86. The minimum atomic E-state index is 0.309. The molecule has 1 aliphatic carbocycles. The zero-order chi connectivity index (χ0) is 15.2. The fraction of sp³-hybridized carbons (Fsp3) is 0.941. The average Bonchev–Trinajstić information content (AvgIpc) is 2.81. The van der Waals surface area contributed by atoms with Gasteiger partial charge in [-0.3, -0.25) is 9.69 Å². The summed E-state index contributed by atoms with van der Waals surface area (Å²) < 4.78 is 5.46. The molecule has 1 atom stereocenters. The highest BCUT2D eigenvalue weighted by Crippen LogP contribution is 2.28. The number of thioether (sulfide) groups is 1. The quantitative estimate of drug-likeness (QED) is 0.796. The summed E-state index contributed by atoms with van der Waals surface area (Å²) in [6.45, 7) is 5.73. The lowest BCUT2D eigenvalue weighted by molar-refractivity contribution is -0.139. The molecule has 2 heterocycles. The molecule has 2 saturated heterocycles. The summed E-state index contributed by atoms with van der Waals surface area (Å²) in [7, 11) is 0. The van der Waals surface area contributed by atoms with Crippen LogP contribution in [0.3, 0.4) is 0 Å². The number of hydrogen-bond donors (Lipinski definition) is 0. The molecule has 0 aromatic heterocycles. The Morgan fingerprint density at radius 1 is 1.05 bits per heavy atom. The molecule has 0 radical (unpaired) electrons. The molecule has 3 fully saturated rings. The van der Waals surface area contributed by atoms with E-state index in [9.17, 15) is 4.79 Å². The van der Waals surface area contributed by atoms with Gasteiger partial charge in [-0.1, -0.05) is 19.3 Å². The molecule has 1 unspecified atom stereocenters. The minimum Gasteiger partial charge on any atom is -0.379 e. The maximum absolute atomic E-state index is 13.0. The minimum absolute atomic E-state index is 0.309. The van der Waals surface area contributed by atoms with E-state index in [1.54, 1.807) is 0 Å². The van der Waals surface area contributed by atoms with E-state index in [0.717, 1.165) is 64.4 Å². The third-order valence-corrected chi connectivity index (χ3v) is 6.45. The van der Waals surface area contributed by atoms with Crippen LogP contribution < -0.4 is 0 Å². The van der Waals surface area contributed by atoms with Gasteiger partial charge in [0.1, 0.15) is 0 Å². The first-order chi connectivity index (χ1) is 10.8. The smallest absolute Gasteiger partial charge is 0.226 e. The first-order valence-corrected chi connectivity index (χ1v) is 10.2. The van der Waals surface area contributed by atoms with E-state index in [4.69, 9.17) is 4.74 Å². The van der Waals surface area contributed by atoms with E-state index < -0.39 is 0 Å². The van der Waals surface area contributed by atoms with Gasteiger partial charge < -0.3 is 9.64 Å². The summed E-state index contributed by atoms with van der Waals surface area (Å²) in [5.41, 5.74) is 0. The van der Waals surface area contributed by atoms with Crippen LogP contribution in [0, 0.1) is 5.92 Å². The van der Waals surface area contributed by atoms with Gasteiger partial charge in [0, 0.05) is 37.8 Å². The fourth-order valence-electron chi connectivity index (χ4n) is 3.94. The number of carbonyl (C=O) groups is 1. The van der Waals surface area contributed by atoms with Crippen molar-refractivity contribution in [2.24, 2.45) is 5.92 Å². The topological polar surface area (TPSA) is 32.8 Å². The van der Waals surface area contributed by atoms with Crippen molar-refractivity contribution in [1.29, 1.82) is 0 Å². The maximum atomic E-state index is 13.0. The fourth-order valence-corrected chi connectivity index (χ4v) is 4.99. The van der Waals surface area contributed by atoms with Gasteiger partial charge in [0.2, 0.25) is 5.91 Å². The van der Waals surface area contributed by atoms with Crippen LogP contribution >= 0.6 is 11.8 Å². The molecule has 1 amide bonds. The Labute approximate surface area is 138 Å². The number of ether oxygens (including phenoxy) is 1. The molecule has 0 aromatic rings. The van der Waals surface area contributed by atoms with E-state index in [0.29, 0.717) is 17.9 Å². The Morgan fingerprint density at radius 2 is 1.82 bits per heavy atom. The first kappa shape index (κ1) is 16.6. The van der Waals surface area contributed by atoms with E-state index in [1.165, 1.54) is 25.0 Å². The van der Waals surface area contributed by atoms with Gasteiger partial charge in [0.05, 0.1) is 19.3 Å². The molecule has 0 bridgehead atoms. The monoisotopic (exact) mass is 326 g/mol. The summed E-state index contributed by atoms with van der Waals surface area (Å²) in [6.07, 6.45) is 7.19. The van der Waals surface area contributed by atoms with Gasteiger partial charge in [0.15, 0.2) is 0 Å². The highest BCUT2D eigenvalue weighted by molar-refractivity contribution is 7.99. The predicted molar refractivity (Wildman–Crippen MR) is 91.3 cm³/mol. The highest BCUT2D eigenvalue weighted by Gasteiger charge is 2.32. The van der Waals surface area contributed by atoms with Gasteiger partial charge in [-0.25, -0.2) is 0 Å².